The third kappa shape index (κ3) is 5.06. The molecule has 8 heteroatoms. The standard InChI is InChI=1S/C13H19BrN2O4S/c1-8(7-20-3)6-16-13(17)11-4-10(14)5-12(9(11)2)21(15,18)19/h4-5,8H,6-7H2,1-3H3,(H,16,17)(H2,15,18,19). The third-order valence-corrected chi connectivity index (χ3v) is 4.43. The van der Waals surface area contributed by atoms with Gasteiger partial charge in [-0.2, -0.15) is 0 Å². The van der Waals surface area contributed by atoms with E-state index in [1.807, 2.05) is 6.92 Å². The molecule has 0 aliphatic carbocycles. The van der Waals surface area contributed by atoms with Crippen molar-refractivity contribution in [3.8, 4) is 0 Å². The van der Waals surface area contributed by atoms with Gasteiger partial charge >= 0.3 is 0 Å². The van der Waals surface area contributed by atoms with E-state index in [1.54, 1.807) is 20.1 Å². The summed E-state index contributed by atoms with van der Waals surface area (Å²) < 4.78 is 28.6. The first-order valence-corrected chi connectivity index (χ1v) is 8.60. The van der Waals surface area contributed by atoms with Crippen LogP contribution in [0.25, 0.3) is 0 Å². The summed E-state index contributed by atoms with van der Waals surface area (Å²) in [5.74, 6) is -0.189. The SMILES string of the molecule is COCC(C)CNC(=O)c1cc(Br)cc(S(N)(=O)=O)c1C. The summed E-state index contributed by atoms with van der Waals surface area (Å²) in [5, 5.41) is 7.92. The van der Waals surface area contributed by atoms with Gasteiger partial charge in [0.15, 0.2) is 0 Å². The molecule has 0 fully saturated rings. The summed E-state index contributed by atoms with van der Waals surface area (Å²) in [6.45, 7) is 4.45. The highest BCUT2D eigenvalue weighted by Gasteiger charge is 2.19. The molecule has 0 heterocycles. The minimum Gasteiger partial charge on any atom is -0.384 e. The van der Waals surface area contributed by atoms with Crippen LogP contribution in [0, 0.1) is 12.8 Å². The molecule has 0 radical (unpaired) electrons. The monoisotopic (exact) mass is 378 g/mol. The molecule has 1 aromatic carbocycles. The van der Waals surface area contributed by atoms with Crippen molar-refractivity contribution in [1.82, 2.24) is 5.32 Å². The number of ether oxygens (including phenoxy) is 1. The molecular formula is C13H19BrN2O4S. The Bertz CT molecular complexity index is 631. The van der Waals surface area contributed by atoms with Gasteiger partial charge in [-0.15, -0.1) is 0 Å². The molecule has 0 spiro atoms. The van der Waals surface area contributed by atoms with Crippen LogP contribution in [-0.2, 0) is 14.8 Å². The molecule has 0 saturated heterocycles. The van der Waals surface area contributed by atoms with Crippen molar-refractivity contribution in [3.63, 3.8) is 0 Å². The van der Waals surface area contributed by atoms with Crippen molar-refractivity contribution in [3.05, 3.63) is 27.7 Å². The lowest BCUT2D eigenvalue weighted by Gasteiger charge is -2.14. The van der Waals surface area contributed by atoms with Crippen molar-refractivity contribution in [2.75, 3.05) is 20.3 Å². The Hall–Kier alpha value is -0.960. The second kappa shape index (κ2) is 7.35. The van der Waals surface area contributed by atoms with Crippen LogP contribution in [0.2, 0.25) is 0 Å². The zero-order chi connectivity index (χ0) is 16.2. The molecule has 0 aliphatic rings. The lowest BCUT2D eigenvalue weighted by atomic mass is 10.1. The molecule has 1 unspecified atom stereocenters. The van der Waals surface area contributed by atoms with Crippen LogP contribution in [0.4, 0.5) is 0 Å². The largest absolute Gasteiger partial charge is 0.384 e. The molecule has 0 aliphatic heterocycles. The maximum Gasteiger partial charge on any atom is 0.251 e. The Morgan fingerprint density at radius 2 is 2.10 bits per heavy atom. The molecule has 0 saturated carbocycles. The second-order valence-electron chi connectivity index (χ2n) is 4.89. The molecule has 1 atom stereocenters. The number of benzene rings is 1. The van der Waals surface area contributed by atoms with Gasteiger partial charge in [0.2, 0.25) is 10.0 Å². The maximum atomic E-state index is 12.2. The van der Waals surface area contributed by atoms with Crippen molar-refractivity contribution in [2.24, 2.45) is 11.1 Å². The lowest BCUT2D eigenvalue weighted by Crippen LogP contribution is -2.30. The van der Waals surface area contributed by atoms with Gasteiger partial charge in [0.1, 0.15) is 0 Å². The number of primary sulfonamides is 1. The number of sulfonamides is 1. The van der Waals surface area contributed by atoms with E-state index in [0.29, 0.717) is 23.2 Å². The number of rotatable bonds is 6. The first-order valence-electron chi connectivity index (χ1n) is 6.27. The van der Waals surface area contributed by atoms with Crippen LogP contribution >= 0.6 is 15.9 Å². The molecule has 1 amide bonds. The van der Waals surface area contributed by atoms with Gasteiger partial charge in [0.05, 0.1) is 11.5 Å². The Labute approximate surface area is 133 Å². The quantitative estimate of drug-likeness (QED) is 0.781. The Kier molecular flexibility index (Phi) is 6.33. The summed E-state index contributed by atoms with van der Waals surface area (Å²) in [7, 11) is -2.29. The van der Waals surface area contributed by atoms with E-state index in [1.165, 1.54) is 6.07 Å². The molecule has 0 bridgehead atoms. The number of methoxy groups -OCH3 is 1. The van der Waals surface area contributed by atoms with E-state index in [0.717, 1.165) is 0 Å². The molecule has 6 nitrogen and oxygen atoms in total. The van der Waals surface area contributed by atoms with Crippen molar-refractivity contribution in [1.29, 1.82) is 0 Å². The highest BCUT2D eigenvalue weighted by molar-refractivity contribution is 9.10. The molecule has 21 heavy (non-hydrogen) atoms. The number of amides is 1. The first-order chi connectivity index (χ1) is 9.66. The fourth-order valence-corrected chi connectivity index (χ4v) is 3.33. The number of halogens is 1. The van der Waals surface area contributed by atoms with Crippen LogP contribution in [0.15, 0.2) is 21.5 Å². The van der Waals surface area contributed by atoms with E-state index in [-0.39, 0.29) is 22.3 Å². The number of hydrogen-bond acceptors (Lipinski definition) is 4. The van der Waals surface area contributed by atoms with Crippen LogP contribution in [0.3, 0.4) is 0 Å². The zero-order valence-electron chi connectivity index (χ0n) is 12.1. The number of carbonyl (C=O) groups excluding carboxylic acids is 1. The van der Waals surface area contributed by atoms with Gasteiger partial charge in [-0.3, -0.25) is 4.79 Å². The number of carbonyl (C=O) groups is 1. The highest BCUT2D eigenvalue weighted by Crippen LogP contribution is 2.24. The molecule has 0 aromatic heterocycles. The number of hydrogen-bond donors (Lipinski definition) is 2. The van der Waals surface area contributed by atoms with E-state index in [2.05, 4.69) is 21.2 Å². The van der Waals surface area contributed by atoms with Crippen LogP contribution in [0.1, 0.15) is 22.8 Å². The topological polar surface area (TPSA) is 98.5 Å². The van der Waals surface area contributed by atoms with Crippen LogP contribution in [0.5, 0.6) is 0 Å². The smallest absolute Gasteiger partial charge is 0.251 e. The van der Waals surface area contributed by atoms with E-state index < -0.39 is 10.0 Å². The summed E-state index contributed by atoms with van der Waals surface area (Å²) in [5.41, 5.74) is 0.607. The third-order valence-electron chi connectivity index (χ3n) is 2.94. The summed E-state index contributed by atoms with van der Waals surface area (Å²) in [6.07, 6.45) is 0. The van der Waals surface area contributed by atoms with Gasteiger partial charge in [-0.25, -0.2) is 13.6 Å². The lowest BCUT2D eigenvalue weighted by molar-refractivity contribution is 0.0933. The normalized spacial score (nSPS) is 13.0. The fraction of sp³-hybridized carbons (Fsp3) is 0.462. The maximum absolute atomic E-state index is 12.2. The minimum absolute atomic E-state index is 0.0630. The molecule has 1 rings (SSSR count). The Morgan fingerprint density at radius 3 is 2.62 bits per heavy atom. The van der Waals surface area contributed by atoms with Gasteiger partial charge in [0, 0.05) is 23.7 Å². The first kappa shape index (κ1) is 18.1. The zero-order valence-corrected chi connectivity index (χ0v) is 14.5. The fourth-order valence-electron chi connectivity index (χ4n) is 1.89. The molecule has 3 N–H and O–H groups in total. The highest BCUT2D eigenvalue weighted by atomic mass is 79.9. The summed E-state index contributed by atoms with van der Waals surface area (Å²) in [4.78, 5) is 12.1. The molecule has 1 aromatic rings. The van der Waals surface area contributed by atoms with Crippen molar-refractivity contribution >= 4 is 31.9 Å². The van der Waals surface area contributed by atoms with Crippen molar-refractivity contribution < 1.29 is 17.9 Å². The van der Waals surface area contributed by atoms with Gasteiger partial charge in [-0.1, -0.05) is 22.9 Å². The number of nitrogens with two attached hydrogens (primary N) is 1. The molecule has 118 valence electrons. The Morgan fingerprint density at radius 1 is 1.48 bits per heavy atom. The predicted octanol–water partition coefficient (Wildman–Crippen LogP) is 1.42. The van der Waals surface area contributed by atoms with Gasteiger partial charge < -0.3 is 10.1 Å². The van der Waals surface area contributed by atoms with Crippen molar-refractivity contribution in [2.45, 2.75) is 18.7 Å². The predicted molar refractivity (Wildman–Crippen MR) is 83.6 cm³/mol. The minimum atomic E-state index is -3.88. The number of nitrogens with one attached hydrogen (secondary N) is 1. The van der Waals surface area contributed by atoms with Crippen LogP contribution < -0.4 is 10.5 Å². The van der Waals surface area contributed by atoms with Crippen LogP contribution in [-0.4, -0.2) is 34.6 Å². The second-order valence-corrected chi connectivity index (χ2v) is 7.34. The average molecular weight is 379 g/mol. The Balaban J connectivity index is 3.03. The van der Waals surface area contributed by atoms with E-state index in [4.69, 9.17) is 9.88 Å². The summed E-state index contributed by atoms with van der Waals surface area (Å²) >= 11 is 3.19. The summed E-state index contributed by atoms with van der Waals surface area (Å²) in [6, 6.07) is 2.95. The van der Waals surface area contributed by atoms with E-state index in [9.17, 15) is 13.2 Å². The van der Waals surface area contributed by atoms with E-state index >= 15 is 0 Å². The van der Waals surface area contributed by atoms with Gasteiger partial charge in [0.25, 0.3) is 5.91 Å². The molecular weight excluding hydrogens is 360 g/mol. The van der Waals surface area contributed by atoms with Gasteiger partial charge in [-0.05, 0) is 30.5 Å². The average Bonchev–Trinajstić information content (AvgIpc) is 2.37.